The second kappa shape index (κ2) is 4.94. The van der Waals surface area contributed by atoms with E-state index in [0.717, 1.165) is 13.0 Å². The molecule has 1 saturated heterocycles. The fourth-order valence-corrected chi connectivity index (χ4v) is 2.10. The minimum atomic E-state index is -0.844. The van der Waals surface area contributed by atoms with Gasteiger partial charge >= 0.3 is 0 Å². The van der Waals surface area contributed by atoms with Crippen molar-refractivity contribution in [2.45, 2.75) is 51.1 Å². The molecule has 4 nitrogen and oxygen atoms in total. The molecule has 0 aromatic carbocycles. The molecule has 0 aliphatic carbocycles. The van der Waals surface area contributed by atoms with E-state index in [4.69, 9.17) is 11.5 Å². The van der Waals surface area contributed by atoms with Crippen LogP contribution in [0.4, 0.5) is 0 Å². The molecule has 1 aliphatic rings. The molecule has 15 heavy (non-hydrogen) atoms. The zero-order valence-electron chi connectivity index (χ0n) is 9.83. The molecule has 1 heterocycles. The molecule has 88 valence electrons. The Bertz CT molecular complexity index is 228. The number of hydrogen-bond donors (Lipinski definition) is 2. The summed E-state index contributed by atoms with van der Waals surface area (Å²) in [5.74, 6) is -0.406. The maximum atomic E-state index is 11.0. The van der Waals surface area contributed by atoms with Crippen LogP contribution in [0.2, 0.25) is 0 Å². The zero-order valence-corrected chi connectivity index (χ0v) is 9.83. The van der Waals surface area contributed by atoms with Gasteiger partial charge < -0.3 is 16.4 Å². The smallest absolute Gasteiger partial charge is 0.237 e. The number of carbonyl (C=O) groups is 1. The van der Waals surface area contributed by atoms with E-state index >= 15 is 0 Å². The summed E-state index contributed by atoms with van der Waals surface area (Å²) in [5.41, 5.74) is 10.2. The summed E-state index contributed by atoms with van der Waals surface area (Å²) >= 11 is 0. The molecule has 1 aliphatic heterocycles. The van der Waals surface area contributed by atoms with Crippen molar-refractivity contribution < 1.29 is 4.79 Å². The highest BCUT2D eigenvalue weighted by Gasteiger charge is 2.26. The van der Waals surface area contributed by atoms with E-state index in [9.17, 15) is 4.79 Å². The maximum absolute atomic E-state index is 11.0. The minimum Gasteiger partial charge on any atom is -0.368 e. The van der Waals surface area contributed by atoms with Gasteiger partial charge in [0.05, 0.1) is 5.54 Å². The highest BCUT2D eigenvalue weighted by atomic mass is 16.1. The summed E-state index contributed by atoms with van der Waals surface area (Å²) < 4.78 is 0. The SMILES string of the molecule is CC1CCCN1CCCC(C)(N)C(N)=O. The van der Waals surface area contributed by atoms with Crippen LogP contribution in [0.1, 0.15) is 39.5 Å². The van der Waals surface area contributed by atoms with E-state index in [-0.39, 0.29) is 0 Å². The monoisotopic (exact) mass is 213 g/mol. The van der Waals surface area contributed by atoms with Crippen molar-refractivity contribution in [2.24, 2.45) is 11.5 Å². The van der Waals surface area contributed by atoms with Crippen molar-refractivity contribution in [3.63, 3.8) is 0 Å². The Labute approximate surface area is 92.0 Å². The Morgan fingerprint density at radius 3 is 2.73 bits per heavy atom. The third-order valence-corrected chi connectivity index (χ3v) is 3.39. The molecule has 0 aromatic rings. The van der Waals surface area contributed by atoms with Gasteiger partial charge in [-0.2, -0.15) is 0 Å². The standard InChI is InChI=1S/C11H23N3O/c1-9-5-3-7-14(9)8-4-6-11(2,13)10(12)15/h9H,3-8,13H2,1-2H3,(H2,12,15). The molecular weight excluding hydrogens is 190 g/mol. The Morgan fingerprint density at radius 1 is 1.60 bits per heavy atom. The minimum absolute atomic E-state index is 0.406. The first kappa shape index (κ1) is 12.5. The van der Waals surface area contributed by atoms with E-state index in [1.165, 1.54) is 19.4 Å². The van der Waals surface area contributed by atoms with Crippen LogP contribution in [0.3, 0.4) is 0 Å². The number of hydrogen-bond acceptors (Lipinski definition) is 3. The molecule has 0 saturated carbocycles. The van der Waals surface area contributed by atoms with Crippen LogP contribution in [0.5, 0.6) is 0 Å². The third kappa shape index (κ3) is 3.47. The average Bonchev–Trinajstić information content (AvgIpc) is 2.51. The first-order valence-electron chi connectivity index (χ1n) is 5.76. The van der Waals surface area contributed by atoms with Crippen molar-refractivity contribution in [3.8, 4) is 0 Å². The number of nitrogens with two attached hydrogens (primary N) is 2. The Hall–Kier alpha value is -0.610. The maximum Gasteiger partial charge on any atom is 0.237 e. The highest BCUT2D eigenvalue weighted by molar-refractivity contribution is 5.83. The van der Waals surface area contributed by atoms with Crippen molar-refractivity contribution in [2.75, 3.05) is 13.1 Å². The van der Waals surface area contributed by atoms with Gasteiger partial charge in [-0.15, -0.1) is 0 Å². The Kier molecular flexibility index (Phi) is 4.11. The lowest BCUT2D eigenvalue weighted by molar-refractivity contribution is -0.122. The molecule has 1 amide bonds. The molecule has 0 radical (unpaired) electrons. The van der Waals surface area contributed by atoms with Crippen molar-refractivity contribution in [3.05, 3.63) is 0 Å². The molecule has 4 heteroatoms. The van der Waals surface area contributed by atoms with Crippen molar-refractivity contribution in [1.29, 1.82) is 0 Å². The van der Waals surface area contributed by atoms with Gasteiger partial charge in [0.25, 0.3) is 0 Å². The number of nitrogens with zero attached hydrogens (tertiary/aromatic N) is 1. The summed E-state index contributed by atoms with van der Waals surface area (Å²) in [5, 5.41) is 0. The van der Waals surface area contributed by atoms with Gasteiger partial charge in [0, 0.05) is 6.04 Å². The van der Waals surface area contributed by atoms with Crippen LogP contribution >= 0.6 is 0 Å². The predicted molar refractivity (Wildman–Crippen MR) is 61.3 cm³/mol. The molecule has 2 atom stereocenters. The van der Waals surface area contributed by atoms with Gasteiger partial charge in [0.1, 0.15) is 0 Å². The lowest BCUT2D eigenvalue weighted by Gasteiger charge is -2.24. The highest BCUT2D eigenvalue weighted by Crippen LogP contribution is 2.18. The summed E-state index contributed by atoms with van der Waals surface area (Å²) in [6.45, 7) is 6.17. The average molecular weight is 213 g/mol. The van der Waals surface area contributed by atoms with Gasteiger partial charge in [-0.3, -0.25) is 4.79 Å². The first-order chi connectivity index (χ1) is 6.93. The van der Waals surface area contributed by atoms with Crippen molar-refractivity contribution >= 4 is 5.91 Å². The fourth-order valence-electron chi connectivity index (χ4n) is 2.10. The number of rotatable bonds is 5. The van der Waals surface area contributed by atoms with E-state index in [2.05, 4.69) is 11.8 Å². The molecule has 1 fully saturated rings. The van der Waals surface area contributed by atoms with E-state index in [1.54, 1.807) is 6.92 Å². The second-order valence-corrected chi connectivity index (χ2v) is 4.91. The molecule has 0 bridgehead atoms. The first-order valence-corrected chi connectivity index (χ1v) is 5.76. The molecule has 0 spiro atoms. The van der Waals surface area contributed by atoms with E-state index < -0.39 is 11.4 Å². The Balaban J connectivity index is 2.24. The quantitative estimate of drug-likeness (QED) is 0.696. The summed E-state index contributed by atoms with van der Waals surface area (Å²) in [6, 6.07) is 0.683. The van der Waals surface area contributed by atoms with Crippen LogP contribution in [-0.2, 0) is 4.79 Å². The van der Waals surface area contributed by atoms with Gasteiger partial charge in [-0.05, 0) is 52.6 Å². The fraction of sp³-hybridized carbons (Fsp3) is 0.909. The van der Waals surface area contributed by atoms with Crippen LogP contribution in [0.15, 0.2) is 0 Å². The van der Waals surface area contributed by atoms with Crippen molar-refractivity contribution in [1.82, 2.24) is 4.90 Å². The lowest BCUT2D eigenvalue weighted by Crippen LogP contribution is -2.49. The predicted octanol–water partition coefficient (Wildman–Crippen LogP) is 0.454. The largest absolute Gasteiger partial charge is 0.368 e. The van der Waals surface area contributed by atoms with Crippen LogP contribution in [0, 0.1) is 0 Å². The van der Waals surface area contributed by atoms with Gasteiger partial charge in [-0.25, -0.2) is 0 Å². The van der Waals surface area contributed by atoms with Crippen LogP contribution in [0.25, 0.3) is 0 Å². The molecule has 4 N–H and O–H groups in total. The zero-order chi connectivity index (χ0) is 11.5. The molecule has 0 aromatic heterocycles. The van der Waals surface area contributed by atoms with Gasteiger partial charge in [0.2, 0.25) is 5.91 Å². The molecule has 2 unspecified atom stereocenters. The number of amides is 1. The lowest BCUT2D eigenvalue weighted by atomic mass is 9.96. The molecule has 1 rings (SSSR count). The van der Waals surface area contributed by atoms with Gasteiger partial charge in [-0.1, -0.05) is 0 Å². The summed E-state index contributed by atoms with van der Waals surface area (Å²) in [7, 11) is 0. The number of primary amides is 1. The number of likely N-dealkylation sites (tertiary alicyclic amines) is 1. The van der Waals surface area contributed by atoms with E-state index in [0.29, 0.717) is 12.5 Å². The third-order valence-electron chi connectivity index (χ3n) is 3.39. The normalized spacial score (nSPS) is 26.5. The van der Waals surface area contributed by atoms with Crippen LogP contribution in [-0.4, -0.2) is 35.5 Å². The topological polar surface area (TPSA) is 72.3 Å². The van der Waals surface area contributed by atoms with Gasteiger partial charge in [0.15, 0.2) is 0 Å². The summed E-state index contributed by atoms with van der Waals surface area (Å²) in [4.78, 5) is 13.5. The molecular formula is C11H23N3O. The van der Waals surface area contributed by atoms with Crippen LogP contribution < -0.4 is 11.5 Å². The number of carbonyl (C=O) groups excluding carboxylic acids is 1. The Morgan fingerprint density at radius 2 is 2.27 bits per heavy atom. The second-order valence-electron chi connectivity index (χ2n) is 4.91. The summed E-state index contributed by atoms with van der Waals surface area (Å²) in [6.07, 6.45) is 4.19. The van der Waals surface area contributed by atoms with E-state index in [1.807, 2.05) is 0 Å².